The summed E-state index contributed by atoms with van der Waals surface area (Å²) in [7, 11) is 0. The maximum Gasteiger partial charge on any atom is 0.204 e. The SMILES string of the molecule is Fc1c(OC/C=C/C2CC2)ccc(OCCCC2CCC2)c1F. The fourth-order valence-corrected chi connectivity index (χ4v) is 2.75. The minimum absolute atomic E-state index is 0.0306. The van der Waals surface area contributed by atoms with Crippen LogP contribution in [0.1, 0.15) is 44.9 Å². The van der Waals surface area contributed by atoms with Crippen molar-refractivity contribution < 1.29 is 18.3 Å². The van der Waals surface area contributed by atoms with Crippen molar-refractivity contribution in [1.29, 1.82) is 0 Å². The normalized spacial score (nSPS) is 18.2. The molecule has 0 aromatic heterocycles. The average Bonchev–Trinajstić information content (AvgIpc) is 3.31. The molecular weight excluding hydrogens is 298 g/mol. The molecule has 0 N–H and O–H groups in total. The molecule has 2 fully saturated rings. The number of hydrogen-bond acceptors (Lipinski definition) is 2. The average molecular weight is 322 g/mol. The van der Waals surface area contributed by atoms with Gasteiger partial charge in [0.15, 0.2) is 11.5 Å². The van der Waals surface area contributed by atoms with E-state index in [4.69, 9.17) is 9.47 Å². The Hall–Kier alpha value is -1.58. The van der Waals surface area contributed by atoms with Crippen LogP contribution in [0.2, 0.25) is 0 Å². The largest absolute Gasteiger partial charge is 0.490 e. The number of benzene rings is 1. The number of rotatable bonds is 9. The second-order valence-electron chi connectivity index (χ2n) is 6.55. The molecule has 0 aliphatic heterocycles. The summed E-state index contributed by atoms with van der Waals surface area (Å²) in [5.74, 6) is -0.573. The Morgan fingerprint density at radius 2 is 1.70 bits per heavy atom. The lowest BCUT2D eigenvalue weighted by Crippen LogP contribution is -2.12. The van der Waals surface area contributed by atoms with Crippen LogP contribution in [0.25, 0.3) is 0 Å². The molecular formula is C19H24F2O2. The van der Waals surface area contributed by atoms with E-state index in [1.807, 2.05) is 6.08 Å². The van der Waals surface area contributed by atoms with Gasteiger partial charge < -0.3 is 9.47 Å². The van der Waals surface area contributed by atoms with Crippen molar-refractivity contribution in [3.63, 3.8) is 0 Å². The van der Waals surface area contributed by atoms with Crippen LogP contribution in [0.5, 0.6) is 11.5 Å². The molecule has 0 saturated heterocycles. The van der Waals surface area contributed by atoms with E-state index in [0.717, 1.165) is 18.8 Å². The molecule has 23 heavy (non-hydrogen) atoms. The standard InChI is InChI=1S/C19H24F2O2/c20-18-16(22-12-2-6-14-4-1-5-14)10-11-17(19(18)21)23-13-3-7-15-8-9-15/h3,7,10-11,14-15H,1-2,4-6,8-9,12-13H2/b7-3+. The lowest BCUT2D eigenvalue weighted by atomic mass is 9.82. The fraction of sp³-hybridized carbons (Fsp3) is 0.579. The maximum absolute atomic E-state index is 14.0. The lowest BCUT2D eigenvalue weighted by molar-refractivity contribution is 0.238. The quantitative estimate of drug-likeness (QED) is 0.455. The van der Waals surface area contributed by atoms with Gasteiger partial charge in [0.25, 0.3) is 0 Å². The summed E-state index contributed by atoms with van der Waals surface area (Å²) in [6.07, 6.45) is 12.3. The third kappa shape index (κ3) is 4.69. The Morgan fingerprint density at radius 1 is 1.00 bits per heavy atom. The van der Waals surface area contributed by atoms with Crippen LogP contribution in [0.15, 0.2) is 24.3 Å². The first-order valence-electron chi connectivity index (χ1n) is 8.64. The Balaban J connectivity index is 1.45. The van der Waals surface area contributed by atoms with Gasteiger partial charge in [-0.3, -0.25) is 0 Å². The smallest absolute Gasteiger partial charge is 0.204 e. The molecule has 2 aliphatic rings. The molecule has 0 radical (unpaired) electrons. The van der Waals surface area contributed by atoms with Crippen molar-refractivity contribution in [3.8, 4) is 11.5 Å². The minimum atomic E-state index is -0.971. The maximum atomic E-state index is 14.0. The lowest BCUT2D eigenvalue weighted by Gasteiger charge is -2.25. The highest BCUT2D eigenvalue weighted by atomic mass is 19.2. The zero-order valence-electron chi connectivity index (χ0n) is 13.4. The van der Waals surface area contributed by atoms with E-state index in [-0.39, 0.29) is 18.1 Å². The van der Waals surface area contributed by atoms with E-state index in [0.29, 0.717) is 12.5 Å². The van der Waals surface area contributed by atoms with Crippen molar-refractivity contribution in [1.82, 2.24) is 0 Å². The van der Waals surface area contributed by atoms with Crippen LogP contribution in [0.3, 0.4) is 0 Å². The second kappa shape index (κ2) is 7.80. The van der Waals surface area contributed by atoms with Crippen LogP contribution in [0, 0.1) is 23.5 Å². The summed E-state index contributed by atoms with van der Waals surface area (Å²) in [5.41, 5.74) is 0. The first-order valence-corrected chi connectivity index (χ1v) is 8.64. The molecule has 3 rings (SSSR count). The van der Waals surface area contributed by atoms with Gasteiger partial charge in [-0.1, -0.05) is 31.4 Å². The highest BCUT2D eigenvalue weighted by Crippen LogP contribution is 2.32. The minimum Gasteiger partial charge on any atom is -0.490 e. The van der Waals surface area contributed by atoms with E-state index in [1.54, 1.807) is 0 Å². The van der Waals surface area contributed by atoms with Gasteiger partial charge >= 0.3 is 0 Å². The predicted octanol–water partition coefficient (Wildman–Crippen LogP) is 5.27. The zero-order valence-corrected chi connectivity index (χ0v) is 13.4. The van der Waals surface area contributed by atoms with Crippen LogP contribution in [-0.4, -0.2) is 13.2 Å². The summed E-state index contributed by atoms with van der Waals surface area (Å²) < 4.78 is 38.6. The summed E-state index contributed by atoms with van der Waals surface area (Å²) in [6, 6.07) is 2.88. The van der Waals surface area contributed by atoms with E-state index in [9.17, 15) is 8.78 Å². The molecule has 2 aliphatic carbocycles. The topological polar surface area (TPSA) is 18.5 Å². The summed E-state index contributed by atoms with van der Waals surface area (Å²) >= 11 is 0. The van der Waals surface area contributed by atoms with Crippen molar-refractivity contribution in [3.05, 3.63) is 35.9 Å². The number of allylic oxidation sites excluding steroid dienone is 1. The van der Waals surface area contributed by atoms with Gasteiger partial charge in [-0.15, -0.1) is 0 Å². The van der Waals surface area contributed by atoms with Gasteiger partial charge in [-0.25, -0.2) is 0 Å². The second-order valence-corrected chi connectivity index (χ2v) is 6.55. The monoisotopic (exact) mass is 322 g/mol. The van der Waals surface area contributed by atoms with Crippen molar-refractivity contribution in [2.45, 2.75) is 44.9 Å². The summed E-state index contributed by atoms with van der Waals surface area (Å²) in [5, 5.41) is 0. The summed E-state index contributed by atoms with van der Waals surface area (Å²) in [6.45, 7) is 0.686. The Bertz CT molecular complexity index is 549. The fourth-order valence-electron chi connectivity index (χ4n) is 2.75. The third-order valence-electron chi connectivity index (χ3n) is 4.62. The molecule has 4 heteroatoms. The molecule has 0 heterocycles. The number of hydrogen-bond donors (Lipinski definition) is 0. The molecule has 0 unspecified atom stereocenters. The van der Waals surface area contributed by atoms with Crippen molar-refractivity contribution in [2.75, 3.05) is 13.2 Å². The third-order valence-corrected chi connectivity index (χ3v) is 4.62. The number of halogens is 2. The van der Waals surface area contributed by atoms with E-state index in [2.05, 4.69) is 6.08 Å². The molecule has 1 aromatic carbocycles. The molecule has 0 amide bonds. The van der Waals surface area contributed by atoms with Gasteiger partial charge in [-0.2, -0.15) is 8.78 Å². The van der Waals surface area contributed by atoms with Gasteiger partial charge in [0, 0.05) is 0 Å². The van der Waals surface area contributed by atoms with Gasteiger partial charge in [0.1, 0.15) is 6.61 Å². The van der Waals surface area contributed by atoms with E-state index >= 15 is 0 Å². The predicted molar refractivity (Wildman–Crippen MR) is 85.8 cm³/mol. The van der Waals surface area contributed by atoms with Gasteiger partial charge in [0.2, 0.25) is 11.6 Å². The van der Waals surface area contributed by atoms with Crippen molar-refractivity contribution in [2.24, 2.45) is 11.8 Å². The van der Waals surface area contributed by atoms with E-state index < -0.39 is 11.6 Å². The Labute approximate surface area is 136 Å². The van der Waals surface area contributed by atoms with Crippen molar-refractivity contribution >= 4 is 0 Å². The highest BCUT2D eigenvalue weighted by Gasteiger charge is 2.19. The molecule has 0 atom stereocenters. The Kier molecular flexibility index (Phi) is 5.52. The molecule has 0 spiro atoms. The van der Waals surface area contributed by atoms with Crippen LogP contribution in [-0.2, 0) is 0 Å². The zero-order chi connectivity index (χ0) is 16.1. The van der Waals surface area contributed by atoms with E-state index in [1.165, 1.54) is 44.2 Å². The molecule has 126 valence electrons. The summed E-state index contributed by atoms with van der Waals surface area (Å²) in [4.78, 5) is 0. The van der Waals surface area contributed by atoms with Crippen LogP contribution in [0.4, 0.5) is 8.78 Å². The molecule has 2 nitrogen and oxygen atoms in total. The first kappa shape index (κ1) is 16.3. The Morgan fingerprint density at radius 3 is 2.30 bits per heavy atom. The van der Waals surface area contributed by atoms with Crippen LogP contribution >= 0.6 is 0 Å². The molecule has 0 bridgehead atoms. The molecule has 2 saturated carbocycles. The molecule has 1 aromatic rings. The van der Waals surface area contributed by atoms with Gasteiger partial charge in [0.05, 0.1) is 6.61 Å². The number of ether oxygens (including phenoxy) is 2. The first-order chi connectivity index (χ1) is 11.2. The highest BCUT2D eigenvalue weighted by molar-refractivity contribution is 5.35. The van der Waals surface area contributed by atoms with Crippen LogP contribution < -0.4 is 9.47 Å². The van der Waals surface area contributed by atoms with Gasteiger partial charge in [-0.05, 0) is 49.7 Å².